The largest absolute Gasteiger partial charge is 0.335 e. The van der Waals surface area contributed by atoms with Gasteiger partial charge in [0.05, 0.1) is 5.75 Å². The zero-order valence-corrected chi connectivity index (χ0v) is 14.4. The third kappa shape index (κ3) is 4.05. The van der Waals surface area contributed by atoms with Crippen LogP contribution in [0.15, 0.2) is 29.6 Å². The maximum Gasteiger partial charge on any atom is 0.321 e. The molecule has 1 aliphatic carbocycles. The van der Waals surface area contributed by atoms with Crippen molar-refractivity contribution in [3.63, 3.8) is 0 Å². The summed E-state index contributed by atoms with van der Waals surface area (Å²) in [6.45, 7) is 2.14. The van der Waals surface area contributed by atoms with E-state index in [2.05, 4.69) is 27.8 Å². The first kappa shape index (κ1) is 16.8. The Balaban J connectivity index is 1.47. The summed E-state index contributed by atoms with van der Waals surface area (Å²) in [4.78, 5) is 23.9. The molecule has 128 valence electrons. The maximum absolute atomic E-state index is 12.0. The van der Waals surface area contributed by atoms with Crippen molar-refractivity contribution in [1.82, 2.24) is 25.2 Å². The Morgan fingerprint density at radius 1 is 1.29 bits per heavy atom. The fraction of sp³-hybridized carbons (Fsp3) is 0.500. The quantitative estimate of drug-likeness (QED) is 0.828. The zero-order valence-electron chi connectivity index (χ0n) is 13.6. The van der Waals surface area contributed by atoms with E-state index in [-0.39, 0.29) is 17.7 Å². The van der Waals surface area contributed by atoms with Gasteiger partial charge >= 0.3 is 6.03 Å². The van der Waals surface area contributed by atoms with E-state index in [0.717, 1.165) is 24.9 Å². The van der Waals surface area contributed by atoms with Gasteiger partial charge in [-0.15, -0.1) is 10.2 Å². The lowest BCUT2D eigenvalue weighted by molar-refractivity contribution is -0.117. The number of hydrogen-bond donors (Lipinski definition) is 2. The SMILES string of the molecule is C[C@H]1CCCC[C@H]1NC(=O)NC(=O)CSc1nnc2ccccn12. The second kappa shape index (κ2) is 7.65. The molecular formula is C16H21N5O2S. The van der Waals surface area contributed by atoms with E-state index in [4.69, 9.17) is 0 Å². The van der Waals surface area contributed by atoms with Crippen molar-refractivity contribution in [3.8, 4) is 0 Å². The molecule has 0 unspecified atom stereocenters. The van der Waals surface area contributed by atoms with Crippen LogP contribution in [0.3, 0.4) is 0 Å². The number of hydrogen-bond acceptors (Lipinski definition) is 5. The molecule has 1 aliphatic rings. The predicted molar refractivity (Wildman–Crippen MR) is 91.8 cm³/mol. The Hall–Kier alpha value is -2.09. The van der Waals surface area contributed by atoms with Gasteiger partial charge in [0.15, 0.2) is 10.8 Å². The average molecular weight is 347 g/mol. The lowest BCUT2D eigenvalue weighted by atomic mass is 9.86. The van der Waals surface area contributed by atoms with Gasteiger partial charge in [0.1, 0.15) is 0 Å². The Kier molecular flexibility index (Phi) is 5.34. The van der Waals surface area contributed by atoms with Gasteiger partial charge in [0, 0.05) is 12.2 Å². The summed E-state index contributed by atoms with van der Waals surface area (Å²) in [5, 5.41) is 14.0. The van der Waals surface area contributed by atoms with E-state index < -0.39 is 6.03 Å². The fourth-order valence-corrected chi connectivity index (χ4v) is 3.67. The molecule has 3 amide bonds. The third-order valence-corrected chi connectivity index (χ3v) is 5.24. The maximum atomic E-state index is 12.0. The molecule has 0 bridgehead atoms. The molecule has 24 heavy (non-hydrogen) atoms. The molecule has 2 aromatic heterocycles. The molecule has 2 N–H and O–H groups in total. The summed E-state index contributed by atoms with van der Waals surface area (Å²) in [6.07, 6.45) is 6.27. The van der Waals surface area contributed by atoms with Gasteiger partial charge in [0.2, 0.25) is 5.91 Å². The first-order valence-corrected chi connectivity index (χ1v) is 9.15. The Morgan fingerprint density at radius 3 is 2.96 bits per heavy atom. The van der Waals surface area contributed by atoms with Crippen LogP contribution in [-0.4, -0.2) is 38.3 Å². The van der Waals surface area contributed by atoms with Gasteiger partial charge in [-0.25, -0.2) is 4.79 Å². The number of carbonyl (C=O) groups excluding carboxylic acids is 2. The smallest absolute Gasteiger partial charge is 0.321 e. The van der Waals surface area contributed by atoms with Crippen LogP contribution >= 0.6 is 11.8 Å². The van der Waals surface area contributed by atoms with E-state index in [9.17, 15) is 9.59 Å². The number of urea groups is 1. The van der Waals surface area contributed by atoms with Crippen molar-refractivity contribution < 1.29 is 9.59 Å². The lowest BCUT2D eigenvalue weighted by Gasteiger charge is -2.29. The molecule has 2 aromatic rings. The van der Waals surface area contributed by atoms with Gasteiger partial charge < -0.3 is 5.32 Å². The molecule has 0 saturated heterocycles. The van der Waals surface area contributed by atoms with Crippen LogP contribution in [0, 0.1) is 5.92 Å². The van der Waals surface area contributed by atoms with Gasteiger partial charge in [0.25, 0.3) is 0 Å². The van der Waals surface area contributed by atoms with Crippen molar-refractivity contribution in [2.45, 2.75) is 43.8 Å². The minimum absolute atomic E-state index is 0.114. The van der Waals surface area contributed by atoms with Crippen LogP contribution in [-0.2, 0) is 4.79 Å². The molecule has 1 saturated carbocycles. The summed E-state index contributed by atoms with van der Waals surface area (Å²) in [7, 11) is 0. The summed E-state index contributed by atoms with van der Waals surface area (Å²) in [6, 6.07) is 5.34. The highest BCUT2D eigenvalue weighted by atomic mass is 32.2. The normalized spacial score (nSPS) is 20.7. The number of nitrogens with zero attached hydrogens (tertiary/aromatic N) is 3. The number of nitrogens with one attached hydrogen (secondary N) is 2. The minimum atomic E-state index is -0.412. The highest BCUT2D eigenvalue weighted by molar-refractivity contribution is 7.99. The number of aromatic nitrogens is 3. The number of pyridine rings is 1. The van der Waals surface area contributed by atoms with Crippen molar-refractivity contribution in [3.05, 3.63) is 24.4 Å². The Bertz CT molecular complexity index is 732. The van der Waals surface area contributed by atoms with Crippen molar-refractivity contribution >= 4 is 29.3 Å². The van der Waals surface area contributed by atoms with E-state index in [1.165, 1.54) is 18.2 Å². The topological polar surface area (TPSA) is 88.4 Å². The molecule has 0 spiro atoms. The van der Waals surface area contributed by atoms with Gasteiger partial charge in [-0.2, -0.15) is 0 Å². The number of carbonyl (C=O) groups is 2. The van der Waals surface area contributed by atoms with Crippen LogP contribution in [0.1, 0.15) is 32.6 Å². The van der Waals surface area contributed by atoms with Crippen LogP contribution in [0.5, 0.6) is 0 Å². The predicted octanol–water partition coefficient (Wildman–Crippen LogP) is 2.23. The molecule has 2 heterocycles. The van der Waals surface area contributed by atoms with Crippen molar-refractivity contribution in [2.24, 2.45) is 5.92 Å². The summed E-state index contributed by atoms with van der Waals surface area (Å²) >= 11 is 1.25. The lowest BCUT2D eigenvalue weighted by Crippen LogP contribution is -2.48. The Labute approximate surface area is 144 Å². The van der Waals surface area contributed by atoms with Crippen molar-refractivity contribution in [1.29, 1.82) is 0 Å². The molecule has 7 nitrogen and oxygen atoms in total. The number of imide groups is 1. The fourth-order valence-electron chi connectivity index (χ4n) is 2.95. The zero-order chi connectivity index (χ0) is 16.9. The van der Waals surface area contributed by atoms with Gasteiger partial charge in [-0.3, -0.25) is 14.5 Å². The molecule has 8 heteroatoms. The van der Waals surface area contributed by atoms with E-state index >= 15 is 0 Å². The summed E-state index contributed by atoms with van der Waals surface area (Å²) < 4.78 is 1.81. The molecule has 0 radical (unpaired) electrons. The average Bonchev–Trinajstić information content (AvgIpc) is 2.98. The third-order valence-electron chi connectivity index (χ3n) is 4.30. The Morgan fingerprint density at radius 2 is 2.12 bits per heavy atom. The van der Waals surface area contributed by atoms with Crippen LogP contribution in [0.4, 0.5) is 4.79 Å². The van der Waals surface area contributed by atoms with Gasteiger partial charge in [-0.05, 0) is 30.9 Å². The minimum Gasteiger partial charge on any atom is -0.335 e. The summed E-state index contributed by atoms with van der Waals surface area (Å²) in [5.41, 5.74) is 0.726. The van der Waals surface area contributed by atoms with Crippen LogP contribution in [0.2, 0.25) is 0 Å². The second-order valence-electron chi connectivity index (χ2n) is 6.09. The molecule has 3 rings (SSSR count). The molecular weight excluding hydrogens is 326 g/mol. The van der Waals surface area contributed by atoms with Crippen LogP contribution in [0.25, 0.3) is 5.65 Å². The van der Waals surface area contributed by atoms with Crippen molar-refractivity contribution in [2.75, 3.05) is 5.75 Å². The number of thioether (sulfide) groups is 1. The molecule has 0 aromatic carbocycles. The summed E-state index contributed by atoms with van der Waals surface area (Å²) in [5.74, 6) is 0.230. The standard InChI is InChI=1S/C16H21N5O2S/c1-11-6-2-3-7-12(11)17-15(23)18-14(22)10-24-16-20-19-13-8-4-5-9-21(13)16/h4-5,8-9,11-12H,2-3,6-7,10H2,1H3,(H2,17,18,22,23)/t11-,12+/m0/s1. The number of rotatable bonds is 4. The second-order valence-corrected chi connectivity index (χ2v) is 7.03. The van der Waals surface area contributed by atoms with E-state index in [1.54, 1.807) is 0 Å². The van der Waals surface area contributed by atoms with Gasteiger partial charge in [-0.1, -0.05) is 37.6 Å². The first-order valence-electron chi connectivity index (χ1n) is 8.16. The molecule has 0 aliphatic heterocycles. The molecule has 2 atom stereocenters. The highest BCUT2D eigenvalue weighted by Crippen LogP contribution is 2.23. The number of amides is 3. The monoisotopic (exact) mass is 347 g/mol. The first-order chi connectivity index (χ1) is 11.6. The van der Waals surface area contributed by atoms with E-state index in [0.29, 0.717) is 11.1 Å². The number of fused-ring (bicyclic) bond motifs is 1. The van der Waals surface area contributed by atoms with E-state index in [1.807, 2.05) is 28.8 Å². The molecule has 1 fully saturated rings. The van der Waals surface area contributed by atoms with Crippen LogP contribution < -0.4 is 10.6 Å². The highest BCUT2D eigenvalue weighted by Gasteiger charge is 2.23.